The van der Waals surface area contributed by atoms with Gasteiger partial charge in [-0.15, -0.1) is 0 Å². The molecule has 0 bridgehead atoms. The maximum atomic E-state index is 13.3. The lowest BCUT2D eigenvalue weighted by molar-refractivity contribution is 0.0983. The zero-order chi connectivity index (χ0) is 21.4. The van der Waals surface area contributed by atoms with E-state index in [-0.39, 0.29) is 29.7 Å². The van der Waals surface area contributed by atoms with Crippen molar-refractivity contribution in [3.63, 3.8) is 0 Å². The Balaban J connectivity index is 1.82. The van der Waals surface area contributed by atoms with Gasteiger partial charge in [0.1, 0.15) is 0 Å². The van der Waals surface area contributed by atoms with Gasteiger partial charge >= 0.3 is 0 Å². The first-order valence-electron chi connectivity index (χ1n) is 9.11. The third kappa shape index (κ3) is 3.81. The second kappa shape index (κ2) is 7.93. The van der Waals surface area contributed by atoms with Gasteiger partial charge in [0.25, 0.3) is 17.2 Å². The summed E-state index contributed by atoms with van der Waals surface area (Å²) in [7, 11) is 0. The first kappa shape index (κ1) is 20.1. The van der Waals surface area contributed by atoms with Gasteiger partial charge < -0.3 is 0 Å². The molecule has 30 heavy (non-hydrogen) atoms. The molecule has 0 aliphatic carbocycles. The van der Waals surface area contributed by atoms with Gasteiger partial charge in [-0.25, -0.2) is 4.98 Å². The van der Waals surface area contributed by atoms with Crippen LogP contribution in [0.1, 0.15) is 27.2 Å². The normalized spacial score (nSPS) is 11.1. The molecular formula is C21H17Cl2N5O2. The monoisotopic (exact) mass is 441 g/mol. The Labute approximate surface area is 181 Å². The second-order valence-electron chi connectivity index (χ2n) is 6.83. The molecule has 0 atom stereocenters. The summed E-state index contributed by atoms with van der Waals surface area (Å²) in [6.07, 6.45) is 0. The van der Waals surface area contributed by atoms with Gasteiger partial charge in [0, 0.05) is 26.9 Å². The van der Waals surface area contributed by atoms with Gasteiger partial charge in [0.05, 0.1) is 6.54 Å². The number of carbonyl (C=O) groups is 1. The molecule has 0 saturated heterocycles. The number of amides is 1. The Morgan fingerprint density at radius 2 is 1.60 bits per heavy atom. The molecule has 0 unspecified atom stereocenters. The Kier molecular flexibility index (Phi) is 5.32. The van der Waals surface area contributed by atoms with E-state index in [1.807, 2.05) is 12.1 Å². The molecule has 1 amide bonds. The molecule has 2 heterocycles. The first-order chi connectivity index (χ1) is 14.3. The summed E-state index contributed by atoms with van der Waals surface area (Å²) in [6, 6.07) is 13.7. The Hall–Kier alpha value is -3.16. The van der Waals surface area contributed by atoms with E-state index < -0.39 is 0 Å². The predicted octanol–water partition coefficient (Wildman–Crippen LogP) is 4.19. The molecule has 2 aromatic heterocycles. The lowest BCUT2D eigenvalue weighted by Gasteiger charge is -2.20. The van der Waals surface area contributed by atoms with Crippen LogP contribution in [0.15, 0.2) is 53.3 Å². The zero-order valence-electron chi connectivity index (χ0n) is 16.2. The molecule has 152 valence electrons. The van der Waals surface area contributed by atoms with Crippen LogP contribution in [0, 0.1) is 13.8 Å². The fourth-order valence-corrected chi connectivity index (χ4v) is 3.23. The molecule has 4 rings (SSSR count). The predicted molar refractivity (Wildman–Crippen MR) is 116 cm³/mol. The lowest BCUT2D eigenvalue weighted by atomic mass is 10.1. The molecule has 4 aromatic rings. The maximum absolute atomic E-state index is 13.3. The number of halogens is 2. The van der Waals surface area contributed by atoms with Gasteiger partial charge in [0.2, 0.25) is 5.95 Å². The number of benzene rings is 2. The van der Waals surface area contributed by atoms with Crippen LogP contribution in [0.5, 0.6) is 0 Å². The van der Waals surface area contributed by atoms with E-state index in [4.69, 9.17) is 23.2 Å². The fraction of sp³-hybridized carbons (Fsp3) is 0.143. The summed E-state index contributed by atoms with van der Waals surface area (Å²) < 4.78 is 1.24. The Bertz CT molecular complexity index is 1290. The van der Waals surface area contributed by atoms with E-state index in [1.54, 1.807) is 50.2 Å². The molecule has 2 aromatic carbocycles. The number of hydrogen-bond donors (Lipinski definition) is 1. The molecule has 0 saturated carbocycles. The van der Waals surface area contributed by atoms with Crippen molar-refractivity contribution in [3.8, 4) is 0 Å². The molecule has 0 aliphatic rings. The topological polar surface area (TPSA) is 83.4 Å². The molecule has 0 radical (unpaired) electrons. The molecular weight excluding hydrogens is 425 g/mol. The van der Waals surface area contributed by atoms with Crippen molar-refractivity contribution < 1.29 is 4.79 Å². The summed E-state index contributed by atoms with van der Waals surface area (Å²) in [5.74, 6) is 0.102. The molecule has 0 spiro atoms. The van der Waals surface area contributed by atoms with Gasteiger partial charge in [-0.05, 0) is 55.8 Å². The number of nitrogens with one attached hydrogen (secondary N) is 1. The average molecular weight is 442 g/mol. The third-order valence-electron chi connectivity index (χ3n) is 4.80. The van der Waals surface area contributed by atoms with Gasteiger partial charge in [-0.3, -0.25) is 19.6 Å². The van der Waals surface area contributed by atoms with E-state index in [9.17, 15) is 9.59 Å². The maximum Gasteiger partial charge on any atom is 0.277 e. The number of aryl methyl sites for hydroxylation is 1. The lowest BCUT2D eigenvalue weighted by Crippen LogP contribution is -2.31. The van der Waals surface area contributed by atoms with Crippen LogP contribution in [-0.2, 0) is 6.54 Å². The second-order valence-corrected chi connectivity index (χ2v) is 7.71. The number of aromatic amines is 1. The van der Waals surface area contributed by atoms with Gasteiger partial charge in [-0.1, -0.05) is 35.3 Å². The van der Waals surface area contributed by atoms with Crippen LogP contribution in [0.3, 0.4) is 0 Å². The van der Waals surface area contributed by atoms with Crippen LogP contribution in [0.25, 0.3) is 5.78 Å². The van der Waals surface area contributed by atoms with E-state index >= 15 is 0 Å². The van der Waals surface area contributed by atoms with Gasteiger partial charge in [-0.2, -0.15) is 9.50 Å². The van der Waals surface area contributed by atoms with Crippen molar-refractivity contribution in [2.24, 2.45) is 0 Å². The number of aromatic nitrogens is 4. The van der Waals surface area contributed by atoms with Crippen molar-refractivity contribution in [2.75, 3.05) is 4.90 Å². The minimum Gasteiger partial charge on any atom is -0.272 e. The van der Waals surface area contributed by atoms with Crippen molar-refractivity contribution in [2.45, 2.75) is 20.4 Å². The van der Waals surface area contributed by atoms with Crippen LogP contribution in [-0.4, -0.2) is 25.5 Å². The van der Waals surface area contributed by atoms with Gasteiger partial charge in [0.15, 0.2) is 0 Å². The standard InChI is InChI=1S/C21H17Cl2N5O2/c1-12-13(2)24-20-25-21(26-28(20)18(12)29)27(11-14-3-7-16(22)8-4-14)19(30)15-5-9-17(23)10-6-15/h3-10H,11H2,1-2H3,(H,24,25,26). The number of carbonyl (C=O) groups excluding carboxylic acids is 1. The largest absolute Gasteiger partial charge is 0.277 e. The third-order valence-corrected chi connectivity index (χ3v) is 5.30. The number of anilines is 1. The number of H-pyrrole nitrogens is 1. The highest BCUT2D eigenvalue weighted by Gasteiger charge is 2.23. The molecule has 0 fully saturated rings. The SMILES string of the molecule is Cc1nc2nc(N(Cc3ccc(Cl)cc3)C(=O)c3ccc(Cl)cc3)[nH]n2c(=O)c1C. The highest BCUT2D eigenvalue weighted by molar-refractivity contribution is 6.31. The highest BCUT2D eigenvalue weighted by Crippen LogP contribution is 2.20. The summed E-state index contributed by atoms with van der Waals surface area (Å²) >= 11 is 11.9. The minimum atomic E-state index is -0.304. The number of hydrogen-bond acceptors (Lipinski definition) is 4. The average Bonchev–Trinajstić information content (AvgIpc) is 3.15. The highest BCUT2D eigenvalue weighted by atomic mass is 35.5. The van der Waals surface area contributed by atoms with Crippen molar-refractivity contribution in [1.29, 1.82) is 0 Å². The van der Waals surface area contributed by atoms with E-state index in [0.717, 1.165) is 5.56 Å². The van der Waals surface area contributed by atoms with Crippen LogP contribution in [0.4, 0.5) is 5.95 Å². The van der Waals surface area contributed by atoms with Crippen molar-refractivity contribution in [1.82, 2.24) is 19.6 Å². The smallest absolute Gasteiger partial charge is 0.272 e. The first-order valence-corrected chi connectivity index (χ1v) is 9.87. The summed E-state index contributed by atoms with van der Waals surface area (Å²) in [5.41, 5.74) is 2.11. The van der Waals surface area contributed by atoms with Crippen molar-refractivity contribution >= 4 is 40.8 Å². The Morgan fingerprint density at radius 3 is 2.23 bits per heavy atom. The minimum absolute atomic E-state index is 0.197. The number of rotatable bonds is 4. The molecule has 0 aliphatic heterocycles. The molecule has 7 nitrogen and oxygen atoms in total. The number of nitrogens with zero attached hydrogens (tertiary/aromatic N) is 4. The molecule has 1 N–H and O–H groups in total. The van der Waals surface area contributed by atoms with Crippen LogP contribution >= 0.6 is 23.2 Å². The summed E-state index contributed by atoms with van der Waals surface area (Å²) in [6.45, 7) is 3.66. The fourth-order valence-electron chi connectivity index (χ4n) is 2.98. The van der Waals surface area contributed by atoms with Crippen LogP contribution < -0.4 is 10.5 Å². The number of fused-ring (bicyclic) bond motifs is 1. The summed E-state index contributed by atoms with van der Waals surface area (Å²) in [5, 5.41) is 4.04. The molecule has 9 heteroatoms. The van der Waals surface area contributed by atoms with Crippen LogP contribution in [0.2, 0.25) is 10.0 Å². The van der Waals surface area contributed by atoms with E-state index in [1.165, 1.54) is 9.42 Å². The zero-order valence-corrected chi connectivity index (χ0v) is 17.7. The van der Waals surface area contributed by atoms with E-state index in [2.05, 4.69) is 15.1 Å². The Morgan fingerprint density at radius 1 is 1.00 bits per heavy atom. The summed E-state index contributed by atoms with van der Waals surface area (Å²) in [4.78, 5) is 36.1. The van der Waals surface area contributed by atoms with Crippen molar-refractivity contribution in [3.05, 3.63) is 91.3 Å². The quantitative estimate of drug-likeness (QED) is 0.514. The van der Waals surface area contributed by atoms with E-state index in [0.29, 0.717) is 26.9 Å².